The summed E-state index contributed by atoms with van der Waals surface area (Å²) in [4.78, 5) is 17.4. The maximum absolute atomic E-state index is 11.3. The van der Waals surface area contributed by atoms with E-state index < -0.39 is 5.97 Å². The smallest absolute Gasteiger partial charge is 0.339 e. The van der Waals surface area contributed by atoms with Crippen molar-refractivity contribution in [3.8, 4) is 0 Å². The van der Waals surface area contributed by atoms with Crippen LogP contribution in [0.5, 0.6) is 0 Å². The first-order valence-electron chi connectivity index (χ1n) is 6.00. The van der Waals surface area contributed by atoms with E-state index in [1.807, 2.05) is 45.2 Å². The van der Waals surface area contributed by atoms with Gasteiger partial charge in [0.15, 0.2) is 0 Å². The number of benzene rings is 1. The Bertz CT molecular complexity index is 606. The van der Waals surface area contributed by atoms with Crippen molar-refractivity contribution in [2.45, 2.75) is 13.8 Å². The molecule has 0 spiro atoms. The van der Waals surface area contributed by atoms with Crippen molar-refractivity contribution in [2.24, 2.45) is 0 Å². The number of aryl methyl sites for hydroxylation is 2. The SMILES string of the molecule is Cc1ccc(N(C)c2nc(C)ccc2C(=O)O)cc1. The first-order valence-corrected chi connectivity index (χ1v) is 6.00. The van der Waals surface area contributed by atoms with E-state index in [9.17, 15) is 9.90 Å². The molecule has 2 rings (SSSR count). The van der Waals surface area contributed by atoms with Crippen LogP contribution >= 0.6 is 0 Å². The van der Waals surface area contributed by atoms with E-state index in [4.69, 9.17) is 0 Å². The van der Waals surface area contributed by atoms with Crippen LogP contribution in [0.2, 0.25) is 0 Å². The topological polar surface area (TPSA) is 53.4 Å². The Kier molecular flexibility index (Phi) is 3.51. The second-order valence-corrected chi connectivity index (χ2v) is 4.52. The zero-order valence-electron chi connectivity index (χ0n) is 11.2. The fourth-order valence-corrected chi connectivity index (χ4v) is 1.86. The van der Waals surface area contributed by atoms with Gasteiger partial charge in [-0.3, -0.25) is 0 Å². The highest BCUT2D eigenvalue weighted by molar-refractivity contribution is 5.94. The molecule has 0 aliphatic carbocycles. The van der Waals surface area contributed by atoms with Crippen molar-refractivity contribution in [3.05, 3.63) is 53.2 Å². The second-order valence-electron chi connectivity index (χ2n) is 4.52. The number of anilines is 2. The molecule has 0 fully saturated rings. The average molecular weight is 256 g/mol. The molecule has 1 aromatic heterocycles. The quantitative estimate of drug-likeness (QED) is 0.916. The Labute approximate surface area is 112 Å². The summed E-state index contributed by atoms with van der Waals surface area (Å²) in [7, 11) is 1.82. The molecule has 98 valence electrons. The number of pyridine rings is 1. The van der Waals surface area contributed by atoms with Gasteiger partial charge in [0, 0.05) is 18.4 Å². The minimum absolute atomic E-state index is 0.202. The molecule has 0 aliphatic heterocycles. The molecule has 0 unspecified atom stereocenters. The number of carboxylic acid groups (broad SMARTS) is 1. The van der Waals surface area contributed by atoms with Crippen molar-refractivity contribution in [3.63, 3.8) is 0 Å². The monoisotopic (exact) mass is 256 g/mol. The predicted molar refractivity (Wildman–Crippen MR) is 75.2 cm³/mol. The molecule has 1 heterocycles. The Morgan fingerprint density at radius 3 is 2.32 bits per heavy atom. The van der Waals surface area contributed by atoms with Crippen LogP contribution in [-0.4, -0.2) is 23.1 Å². The van der Waals surface area contributed by atoms with Gasteiger partial charge in [-0.15, -0.1) is 0 Å². The van der Waals surface area contributed by atoms with Crippen LogP contribution in [-0.2, 0) is 0 Å². The molecule has 0 aliphatic rings. The molecule has 0 saturated heterocycles. The summed E-state index contributed by atoms with van der Waals surface area (Å²) in [5.41, 5.74) is 3.06. The van der Waals surface area contributed by atoms with Crippen molar-refractivity contribution in [2.75, 3.05) is 11.9 Å². The Balaban J connectivity index is 2.48. The minimum Gasteiger partial charge on any atom is -0.478 e. The van der Waals surface area contributed by atoms with Gasteiger partial charge in [-0.25, -0.2) is 9.78 Å². The molecule has 0 atom stereocenters. The molecule has 1 aromatic carbocycles. The van der Waals surface area contributed by atoms with Crippen LogP contribution in [0.15, 0.2) is 36.4 Å². The zero-order chi connectivity index (χ0) is 14.0. The molecule has 19 heavy (non-hydrogen) atoms. The summed E-state index contributed by atoms with van der Waals surface area (Å²) in [5, 5.41) is 9.23. The van der Waals surface area contributed by atoms with E-state index in [2.05, 4.69) is 4.98 Å². The van der Waals surface area contributed by atoms with Crippen molar-refractivity contribution >= 4 is 17.5 Å². The normalized spacial score (nSPS) is 10.3. The van der Waals surface area contributed by atoms with Crippen LogP contribution in [0, 0.1) is 13.8 Å². The largest absolute Gasteiger partial charge is 0.478 e. The first kappa shape index (κ1) is 13.1. The third kappa shape index (κ3) is 2.73. The van der Waals surface area contributed by atoms with Crippen LogP contribution in [0.4, 0.5) is 11.5 Å². The van der Waals surface area contributed by atoms with Gasteiger partial charge >= 0.3 is 5.97 Å². The Hall–Kier alpha value is -2.36. The minimum atomic E-state index is -0.971. The summed E-state index contributed by atoms with van der Waals surface area (Å²) in [6, 6.07) is 11.2. The number of rotatable bonds is 3. The van der Waals surface area contributed by atoms with Crippen LogP contribution in [0.25, 0.3) is 0 Å². The van der Waals surface area contributed by atoms with Crippen molar-refractivity contribution in [1.29, 1.82) is 0 Å². The molecule has 0 saturated carbocycles. The number of nitrogens with zero attached hydrogens (tertiary/aromatic N) is 2. The fourth-order valence-electron chi connectivity index (χ4n) is 1.86. The summed E-state index contributed by atoms with van der Waals surface area (Å²) in [5.74, 6) is -0.516. The molecular weight excluding hydrogens is 240 g/mol. The summed E-state index contributed by atoms with van der Waals surface area (Å²) >= 11 is 0. The Morgan fingerprint density at radius 2 is 1.74 bits per heavy atom. The number of hydrogen-bond donors (Lipinski definition) is 1. The zero-order valence-corrected chi connectivity index (χ0v) is 11.2. The molecule has 4 nitrogen and oxygen atoms in total. The summed E-state index contributed by atoms with van der Waals surface area (Å²) in [6.45, 7) is 3.86. The van der Waals surface area contributed by atoms with E-state index in [1.165, 1.54) is 0 Å². The highest BCUT2D eigenvalue weighted by atomic mass is 16.4. The standard InChI is InChI=1S/C15H16N2O2/c1-10-4-7-12(8-5-10)17(3)14-13(15(18)19)9-6-11(2)16-14/h4-9H,1-3H3,(H,18,19). The van der Waals surface area contributed by atoms with Crippen molar-refractivity contribution < 1.29 is 9.90 Å². The Morgan fingerprint density at radius 1 is 1.11 bits per heavy atom. The third-order valence-corrected chi connectivity index (χ3v) is 2.98. The number of hydrogen-bond acceptors (Lipinski definition) is 3. The predicted octanol–water partition coefficient (Wildman–Crippen LogP) is 3.16. The number of aromatic carboxylic acids is 1. The molecule has 1 N–H and O–H groups in total. The molecule has 0 amide bonds. The van der Waals surface area contributed by atoms with E-state index >= 15 is 0 Å². The van der Waals surface area contributed by atoms with E-state index in [0.717, 1.165) is 16.9 Å². The molecule has 4 heteroatoms. The molecule has 2 aromatic rings. The van der Waals surface area contributed by atoms with Crippen molar-refractivity contribution in [1.82, 2.24) is 4.98 Å². The maximum Gasteiger partial charge on any atom is 0.339 e. The van der Waals surface area contributed by atoms with Crippen LogP contribution < -0.4 is 4.90 Å². The van der Waals surface area contributed by atoms with Gasteiger partial charge in [-0.05, 0) is 38.1 Å². The molecular formula is C15H16N2O2. The molecule has 0 bridgehead atoms. The van der Waals surface area contributed by atoms with E-state index in [-0.39, 0.29) is 5.56 Å². The lowest BCUT2D eigenvalue weighted by Gasteiger charge is -2.20. The van der Waals surface area contributed by atoms with Gasteiger partial charge in [-0.2, -0.15) is 0 Å². The summed E-state index contributed by atoms with van der Waals surface area (Å²) in [6.07, 6.45) is 0. The number of carboxylic acids is 1. The first-order chi connectivity index (χ1) is 8.99. The van der Waals surface area contributed by atoms with Crippen LogP contribution in [0.3, 0.4) is 0 Å². The van der Waals surface area contributed by atoms with Gasteiger partial charge in [0.1, 0.15) is 11.4 Å². The lowest BCUT2D eigenvalue weighted by Crippen LogP contribution is -2.16. The van der Waals surface area contributed by atoms with Gasteiger partial charge in [-0.1, -0.05) is 17.7 Å². The second kappa shape index (κ2) is 5.10. The third-order valence-electron chi connectivity index (χ3n) is 2.98. The van der Waals surface area contributed by atoms with Gasteiger partial charge < -0.3 is 10.0 Å². The average Bonchev–Trinajstić information content (AvgIpc) is 2.38. The fraction of sp³-hybridized carbons (Fsp3) is 0.200. The van der Waals surface area contributed by atoms with E-state index in [0.29, 0.717) is 5.82 Å². The highest BCUT2D eigenvalue weighted by Gasteiger charge is 2.16. The number of carbonyl (C=O) groups is 1. The molecule has 0 radical (unpaired) electrons. The van der Waals surface area contributed by atoms with Gasteiger partial charge in [0.25, 0.3) is 0 Å². The number of aromatic nitrogens is 1. The van der Waals surface area contributed by atoms with Gasteiger partial charge in [0.05, 0.1) is 0 Å². The maximum atomic E-state index is 11.3. The van der Waals surface area contributed by atoms with Crippen LogP contribution in [0.1, 0.15) is 21.6 Å². The lowest BCUT2D eigenvalue weighted by molar-refractivity contribution is 0.0697. The highest BCUT2D eigenvalue weighted by Crippen LogP contribution is 2.25. The lowest BCUT2D eigenvalue weighted by atomic mass is 10.2. The van der Waals surface area contributed by atoms with Gasteiger partial charge in [0.2, 0.25) is 0 Å². The summed E-state index contributed by atoms with van der Waals surface area (Å²) < 4.78 is 0. The van der Waals surface area contributed by atoms with E-state index in [1.54, 1.807) is 17.0 Å².